The van der Waals surface area contributed by atoms with Crippen LogP contribution in [0, 0.1) is 10.8 Å². The highest BCUT2D eigenvalue weighted by Gasteiger charge is 2.21. The fraction of sp³-hybridized carbons (Fsp3) is 0.556. The zero-order chi connectivity index (χ0) is 9.94. The van der Waals surface area contributed by atoms with E-state index in [4.69, 9.17) is 5.41 Å². The van der Waals surface area contributed by atoms with Crippen molar-refractivity contribution < 1.29 is 4.79 Å². The van der Waals surface area contributed by atoms with Crippen molar-refractivity contribution in [2.75, 3.05) is 7.05 Å². The molecule has 0 aromatic heterocycles. The molecule has 0 saturated heterocycles. The number of carbonyl (C=O) groups is 1. The van der Waals surface area contributed by atoms with Crippen LogP contribution in [0.2, 0.25) is 0 Å². The van der Waals surface area contributed by atoms with Gasteiger partial charge in [0.25, 0.3) is 0 Å². The van der Waals surface area contributed by atoms with Gasteiger partial charge in [-0.05, 0) is 0 Å². The molecule has 0 rings (SSSR count). The number of hydrogen-bond donors (Lipinski definition) is 1. The van der Waals surface area contributed by atoms with Gasteiger partial charge in [0.2, 0.25) is 0 Å². The Labute approximate surface area is 73.6 Å². The predicted molar refractivity (Wildman–Crippen MR) is 50.1 cm³/mol. The molecule has 0 unspecified atom stereocenters. The zero-order valence-corrected chi connectivity index (χ0v) is 8.14. The van der Waals surface area contributed by atoms with E-state index in [9.17, 15) is 4.79 Å². The highest BCUT2D eigenvalue weighted by atomic mass is 16.1. The molecule has 0 amide bonds. The van der Waals surface area contributed by atoms with Gasteiger partial charge >= 0.3 is 0 Å². The van der Waals surface area contributed by atoms with Crippen LogP contribution in [-0.2, 0) is 4.79 Å². The number of rotatable bonds is 2. The molecule has 0 heterocycles. The van der Waals surface area contributed by atoms with E-state index < -0.39 is 0 Å². The summed E-state index contributed by atoms with van der Waals surface area (Å²) in [7, 11) is 1.67. The standard InChI is InChI=1S/C9H16N2O/c1-7(6-12)11(5)8(10)9(2,3)4/h6,10H,1H2,2-5H3. The second-order valence-corrected chi connectivity index (χ2v) is 3.77. The summed E-state index contributed by atoms with van der Waals surface area (Å²) in [5, 5.41) is 7.69. The second kappa shape index (κ2) is 3.52. The van der Waals surface area contributed by atoms with Crippen molar-refractivity contribution in [1.82, 2.24) is 4.90 Å². The Morgan fingerprint density at radius 2 is 1.92 bits per heavy atom. The lowest BCUT2D eigenvalue weighted by atomic mass is 9.94. The Balaban J connectivity index is 4.51. The van der Waals surface area contributed by atoms with Gasteiger partial charge in [0, 0.05) is 12.5 Å². The zero-order valence-electron chi connectivity index (χ0n) is 8.14. The second-order valence-electron chi connectivity index (χ2n) is 3.77. The molecule has 0 aliphatic heterocycles. The van der Waals surface area contributed by atoms with E-state index in [0.717, 1.165) is 0 Å². The first-order chi connectivity index (χ1) is 5.30. The Hall–Kier alpha value is -1.12. The van der Waals surface area contributed by atoms with Gasteiger partial charge in [-0.25, -0.2) is 0 Å². The van der Waals surface area contributed by atoms with Gasteiger partial charge < -0.3 is 4.90 Å². The Bertz CT molecular complexity index is 213. The molecule has 68 valence electrons. The van der Waals surface area contributed by atoms with Gasteiger partial charge in [0.05, 0.1) is 5.70 Å². The maximum atomic E-state index is 10.3. The molecule has 1 N–H and O–H groups in total. The van der Waals surface area contributed by atoms with E-state index in [0.29, 0.717) is 17.8 Å². The highest BCUT2D eigenvalue weighted by Crippen LogP contribution is 2.18. The molecule has 3 nitrogen and oxygen atoms in total. The summed E-state index contributed by atoms with van der Waals surface area (Å²) in [6.07, 6.45) is 0.653. The number of carbonyl (C=O) groups excluding carboxylic acids is 1. The summed E-state index contributed by atoms with van der Waals surface area (Å²) in [6.45, 7) is 9.29. The quantitative estimate of drug-likeness (QED) is 0.295. The summed E-state index contributed by atoms with van der Waals surface area (Å²) >= 11 is 0. The minimum atomic E-state index is -0.249. The Morgan fingerprint density at radius 1 is 1.50 bits per heavy atom. The van der Waals surface area contributed by atoms with Crippen molar-refractivity contribution in [3.05, 3.63) is 12.3 Å². The Morgan fingerprint density at radius 3 is 2.17 bits per heavy atom. The van der Waals surface area contributed by atoms with E-state index in [1.54, 1.807) is 7.05 Å². The lowest BCUT2D eigenvalue weighted by molar-refractivity contribution is -0.105. The van der Waals surface area contributed by atoms with Crippen LogP contribution in [0.15, 0.2) is 12.3 Å². The molecule has 0 spiro atoms. The SMILES string of the molecule is C=C(C=O)N(C)C(=N)C(C)(C)C. The molecule has 0 aliphatic rings. The number of hydrogen-bond acceptors (Lipinski definition) is 2. The van der Waals surface area contributed by atoms with Gasteiger partial charge in [-0.2, -0.15) is 0 Å². The number of aldehydes is 1. The smallest absolute Gasteiger partial charge is 0.165 e. The number of nitrogens with zero attached hydrogens (tertiary/aromatic N) is 1. The number of allylic oxidation sites excluding steroid dienone is 1. The summed E-state index contributed by atoms with van der Waals surface area (Å²) in [5.41, 5.74) is 0.0654. The summed E-state index contributed by atoms with van der Waals surface area (Å²) in [6, 6.07) is 0. The largest absolute Gasteiger partial charge is 0.331 e. The topological polar surface area (TPSA) is 44.2 Å². The molecule has 0 aliphatic carbocycles. The van der Waals surface area contributed by atoms with Crippen molar-refractivity contribution in [1.29, 1.82) is 5.41 Å². The molecule has 0 atom stereocenters. The van der Waals surface area contributed by atoms with Gasteiger partial charge in [0.15, 0.2) is 6.29 Å². The Kier molecular flexibility index (Phi) is 3.19. The fourth-order valence-corrected chi connectivity index (χ4v) is 0.726. The van der Waals surface area contributed by atoms with E-state index >= 15 is 0 Å². The normalized spacial score (nSPS) is 10.7. The van der Waals surface area contributed by atoms with E-state index in [1.165, 1.54) is 4.90 Å². The van der Waals surface area contributed by atoms with Crippen LogP contribution in [0.25, 0.3) is 0 Å². The number of nitrogens with one attached hydrogen (secondary N) is 1. The molecule has 0 saturated carbocycles. The lowest BCUT2D eigenvalue weighted by Gasteiger charge is -2.28. The van der Waals surface area contributed by atoms with Crippen molar-refractivity contribution in [2.45, 2.75) is 20.8 Å². The maximum absolute atomic E-state index is 10.3. The molecule has 0 bridgehead atoms. The van der Waals surface area contributed by atoms with Crippen LogP contribution in [-0.4, -0.2) is 24.1 Å². The maximum Gasteiger partial charge on any atom is 0.165 e. The highest BCUT2D eigenvalue weighted by molar-refractivity contribution is 5.90. The summed E-state index contributed by atoms with van der Waals surface area (Å²) < 4.78 is 0. The first-order valence-corrected chi connectivity index (χ1v) is 3.77. The van der Waals surface area contributed by atoms with Crippen LogP contribution < -0.4 is 0 Å². The predicted octanol–water partition coefficient (Wildman–Crippen LogP) is 1.65. The third-order valence-electron chi connectivity index (χ3n) is 1.61. The fourth-order valence-electron chi connectivity index (χ4n) is 0.726. The first kappa shape index (κ1) is 10.9. The van der Waals surface area contributed by atoms with Gasteiger partial charge in [0.1, 0.15) is 5.84 Å². The molecule has 12 heavy (non-hydrogen) atoms. The van der Waals surface area contributed by atoms with E-state index in [1.807, 2.05) is 20.8 Å². The average Bonchev–Trinajstić information content (AvgIpc) is 1.98. The van der Waals surface area contributed by atoms with Crippen molar-refractivity contribution in [3.8, 4) is 0 Å². The minimum absolute atomic E-state index is 0.249. The third-order valence-corrected chi connectivity index (χ3v) is 1.61. The molecule has 0 fully saturated rings. The third kappa shape index (κ3) is 2.49. The van der Waals surface area contributed by atoms with Crippen LogP contribution in [0.5, 0.6) is 0 Å². The molecule has 0 aromatic carbocycles. The van der Waals surface area contributed by atoms with Crippen molar-refractivity contribution >= 4 is 12.1 Å². The van der Waals surface area contributed by atoms with Crippen LogP contribution in [0.3, 0.4) is 0 Å². The molecular weight excluding hydrogens is 152 g/mol. The minimum Gasteiger partial charge on any atom is -0.331 e. The van der Waals surface area contributed by atoms with Gasteiger partial charge in [-0.15, -0.1) is 0 Å². The van der Waals surface area contributed by atoms with Crippen molar-refractivity contribution in [3.63, 3.8) is 0 Å². The van der Waals surface area contributed by atoms with Crippen molar-refractivity contribution in [2.24, 2.45) is 5.41 Å². The summed E-state index contributed by atoms with van der Waals surface area (Å²) in [4.78, 5) is 11.8. The lowest BCUT2D eigenvalue weighted by Crippen LogP contribution is -2.35. The number of amidine groups is 1. The first-order valence-electron chi connectivity index (χ1n) is 3.77. The molecule has 3 heteroatoms. The monoisotopic (exact) mass is 168 g/mol. The summed E-state index contributed by atoms with van der Waals surface area (Å²) in [5.74, 6) is 0.389. The van der Waals surface area contributed by atoms with Crippen LogP contribution in [0.4, 0.5) is 0 Å². The van der Waals surface area contributed by atoms with E-state index in [-0.39, 0.29) is 5.41 Å². The molecule has 0 aromatic rings. The average molecular weight is 168 g/mol. The number of likely N-dealkylation sites (N-methyl/N-ethyl adjacent to an activating group) is 1. The van der Waals surface area contributed by atoms with Crippen LogP contribution in [0.1, 0.15) is 20.8 Å². The van der Waals surface area contributed by atoms with Gasteiger partial charge in [-0.1, -0.05) is 27.4 Å². The van der Waals surface area contributed by atoms with Crippen LogP contribution >= 0.6 is 0 Å². The van der Waals surface area contributed by atoms with E-state index in [2.05, 4.69) is 6.58 Å². The van der Waals surface area contributed by atoms with Gasteiger partial charge in [-0.3, -0.25) is 10.2 Å². The molecule has 0 radical (unpaired) electrons. The molecular formula is C9H16N2O.